The molecule has 1 aliphatic rings. The number of halogens is 2. The van der Waals surface area contributed by atoms with Gasteiger partial charge in [-0.2, -0.15) is 0 Å². The number of hydrogen-bond donors (Lipinski definition) is 1. The molecule has 38 heavy (non-hydrogen) atoms. The maximum atomic E-state index is 13.9. The third kappa shape index (κ3) is 5.08. The molecule has 0 unspecified atom stereocenters. The Kier molecular flexibility index (Phi) is 7.07. The number of amides is 1. The summed E-state index contributed by atoms with van der Waals surface area (Å²) in [6, 6.07) is 27.8. The number of carbonyl (C=O) groups excluding carboxylic acids is 3. The van der Waals surface area contributed by atoms with Gasteiger partial charge in [0.2, 0.25) is 0 Å². The SMILES string of the molecule is O=C(C[C@@H]1c2cc(Cl)ccc2OC(=O)[C@@]1(Cc1ccccc1)NC(=O)c1ccc(F)cc1)c1ccccc1. The molecule has 2 atom stereocenters. The van der Waals surface area contributed by atoms with Crippen molar-refractivity contribution in [1.29, 1.82) is 0 Å². The van der Waals surface area contributed by atoms with Crippen molar-refractivity contribution in [2.75, 3.05) is 0 Å². The number of Topliss-reactive ketones (excluding diaryl/α,β-unsaturated/α-hetero) is 1. The molecule has 4 aromatic rings. The van der Waals surface area contributed by atoms with E-state index in [1.165, 1.54) is 24.3 Å². The normalized spacial score (nSPS) is 18.3. The van der Waals surface area contributed by atoms with Crippen LogP contribution in [0.4, 0.5) is 4.39 Å². The highest BCUT2D eigenvalue weighted by Crippen LogP contribution is 2.45. The number of nitrogens with one attached hydrogen (secondary N) is 1. The number of hydrogen-bond acceptors (Lipinski definition) is 4. The van der Waals surface area contributed by atoms with E-state index in [0.717, 1.165) is 5.56 Å². The summed E-state index contributed by atoms with van der Waals surface area (Å²) in [4.78, 5) is 40.9. The van der Waals surface area contributed by atoms with Crippen LogP contribution < -0.4 is 10.1 Å². The van der Waals surface area contributed by atoms with Gasteiger partial charge in [0.25, 0.3) is 5.91 Å². The zero-order valence-corrected chi connectivity index (χ0v) is 21.0. The lowest BCUT2D eigenvalue weighted by Crippen LogP contribution is -2.63. The molecule has 4 aromatic carbocycles. The van der Waals surface area contributed by atoms with Crippen LogP contribution in [0.15, 0.2) is 103 Å². The number of fused-ring (bicyclic) bond motifs is 1. The summed E-state index contributed by atoms with van der Waals surface area (Å²) in [7, 11) is 0. The monoisotopic (exact) mass is 527 g/mol. The molecule has 0 aromatic heterocycles. The van der Waals surface area contributed by atoms with Gasteiger partial charge in [-0.25, -0.2) is 9.18 Å². The highest BCUT2D eigenvalue weighted by atomic mass is 35.5. The predicted octanol–water partition coefficient (Wildman–Crippen LogP) is 6.17. The fourth-order valence-electron chi connectivity index (χ4n) is 4.87. The van der Waals surface area contributed by atoms with Crippen molar-refractivity contribution in [2.45, 2.75) is 24.3 Å². The molecule has 0 saturated heterocycles. The van der Waals surface area contributed by atoms with E-state index in [9.17, 15) is 18.8 Å². The third-order valence-corrected chi connectivity index (χ3v) is 7.00. The molecule has 1 amide bonds. The van der Waals surface area contributed by atoms with Gasteiger partial charge >= 0.3 is 5.97 Å². The average Bonchev–Trinajstić information content (AvgIpc) is 2.93. The standard InChI is InChI=1S/C31H23ClFNO4/c32-23-13-16-28-25(17-23)26(18-27(35)21-9-5-2-6-10-21)31(30(37)38-28,19-20-7-3-1-4-8-20)34-29(36)22-11-14-24(33)15-12-22/h1-17,26H,18-19H2,(H,34,36)/t26-,31+/m1/s1. The second kappa shape index (κ2) is 10.6. The molecule has 1 N–H and O–H groups in total. The number of ketones is 1. The fourth-order valence-corrected chi connectivity index (χ4v) is 5.05. The average molecular weight is 528 g/mol. The van der Waals surface area contributed by atoms with Crippen molar-refractivity contribution in [1.82, 2.24) is 5.32 Å². The number of benzene rings is 4. The van der Waals surface area contributed by atoms with Gasteiger partial charge in [0.1, 0.15) is 17.1 Å². The van der Waals surface area contributed by atoms with E-state index in [-0.39, 0.29) is 29.9 Å². The van der Waals surface area contributed by atoms with Crippen molar-refractivity contribution < 1.29 is 23.5 Å². The number of ether oxygens (including phenoxy) is 1. The van der Waals surface area contributed by atoms with Gasteiger partial charge < -0.3 is 10.1 Å². The van der Waals surface area contributed by atoms with E-state index in [4.69, 9.17) is 16.3 Å². The van der Waals surface area contributed by atoms with E-state index < -0.39 is 29.2 Å². The van der Waals surface area contributed by atoms with Crippen LogP contribution in [0.25, 0.3) is 0 Å². The van der Waals surface area contributed by atoms with Crippen LogP contribution in [-0.2, 0) is 11.2 Å². The minimum Gasteiger partial charge on any atom is -0.424 e. The highest BCUT2D eigenvalue weighted by molar-refractivity contribution is 6.30. The molecule has 0 fully saturated rings. The van der Waals surface area contributed by atoms with E-state index in [1.54, 1.807) is 42.5 Å². The van der Waals surface area contributed by atoms with Crippen molar-refractivity contribution in [3.63, 3.8) is 0 Å². The lowest BCUT2D eigenvalue weighted by molar-refractivity contribution is -0.144. The van der Waals surface area contributed by atoms with E-state index >= 15 is 0 Å². The Hall–Kier alpha value is -4.29. The Balaban J connectivity index is 1.65. The Morgan fingerprint density at radius 1 is 0.868 bits per heavy atom. The summed E-state index contributed by atoms with van der Waals surface area (Å²) in [6.07, 6.45) is -0.0404. The van der Waals surface area contributed by atoms with Crippen molar-refractivity contribution in [3.05, 3.63) is 136 Å². The molecule has 190 valence electrons. The summed E-state index contributed by atoms with van der Waals surface area (Å²) in [5.41, 5.74) is 0.281. The Morgan fingerprint density at radius 3 is 2.21 bits per heavy atom. The summed E-state index contributed by atoms with van der Waals surface area (Å²) >= 11 is 6.35. The van der Waals surface area contributed by atoms with Gasteiger partial charge in [0, 0.05) is 40.5 Å². The first-order valence-electron chi connectivity index (χ1n) is 12.1. The fraction of sp³-hybridized carbons (Fsp3) is 0.129. The van der Waals surface area contributed by atoms with Gasteiger partial charge in [-0.1, -0.05) is 72.3 Å². The van der Waals surface area contributed by atoms with Crippen LogP contribution in [0, 0.1) is 5.82 Å². The maximum Gasteiger partial charge on any atom is 0.338 e. The van der Waals surface area contributed by atoms with Gasteiger partial charge in [0.05, 0.1) is 0 Å². The summed E-state index contributed by atoms with van der Waals surface area (Å²) < 4.78 is 19.3. The summed E-state index contributed by atoms with van der Waals surface area (Å²) in [5, 5.41) is 3.30. The predicted molar refractivity (Wildman–Crippen MR) is 142 cm³/mol. The Labute approximate surface area is 224 Å². The molecule has 0 radical (unpaired) electrons. The minimum absolute atomic E-state index is 0.0539. The number of esters is 1. The largest absolute Gasteiger partial charge is 0.424 e. The van der Waals surface area contributed by atoms with Crippen LogP contribution in [0.1, 0.15) is 44.2 Å². The molecule has 0 spiro atoms. The van der Waals surface area contributed by atoms with Crippen LogP contribution in [-0.4, -0.2) is 23.2 Å². The van der Waals surface area contributed by atoms with Crippen LogP contribution >= 0.6 is 11.6 Å². The second-order valence-corrected chi connectivity index (χ2v) is 9.65. The molecular weight excluding hydrogens is 505 g/mol. The summed E-state index contributed by atoms with van der Waals surface area (Å²) in [6.45, 7) is 0. The van der Waals surface area contributed by atoms with E-state index in [1.807, 2.05) is 36.4 Å². The molecule has 7 heteroatoms. The van der Waals surface area contributed by atoms with Crippen LogP contribution in [0.5, 0.6) is 5.75 Å². The Bertz CT molecular complexity index is 1490. The first-order chi connectivity index (χ1) is 18.4. The molecule has 0 bridgehead atoms. The lowest BCUT2D eigenvalue weighted by Gasteiger charge is -2.43. The molecule has 1 heterocycles. The number of rotatable bonds is 7. The highest BCUT2D eigenvalue weighted by Gasteiger charge is 2.53. The van der Waals surface area contributed by atoms with Crippen LogP contribution in [0.3, 0.4) is 0 Å². The Morgan fingerprint density at radius 2 is 1.53 bits per heavy atom. The first-order valence-corrected chi connectivity index (χ1v) is 12.5. The molecule has 0 aliphatic carbocycles. The quantitative estimate of drug-likeness (QED) is 0.177. The van der Waals surface area contributed by atoms with E-state index in [0.29, 0.717) is 16.1 Å². The van der Waals surface area contributed by atoms with Gasteiger partial charge in [-0.15, -0.1) is 0 Å². The second-order valence-electron chi connectivity index (χ2n) is 9.21. The molecule has 1 aliphatic heterocycles. The maximum absolute atomic E-state index is 13.9. The van der Waals surface area contributed by atoms with Crippen molar-refractivity contribution in [3.8, 4) is 5.75 Å². The smallest absolute Gasteiger partial charge is 0.338 e. The molecule has 5 rings (SSSR count). The molecule has 0 saturated carbocycles. The molecular formula is C31H23ClFNO4. The van der Waals surface area contributed by atoms with Gasteiger partial charge in [-0.05, 0) is 48.0 Å². The molecule has 5 nitrogen and oxygen atoms in total. The lowest BCUT2D eigenvalue weighted by atomic mass is 9.70. The summed E-state index contributed by atoms with van der Waals surface area (Å²) in [5.74, 6) is -2.52. The zero-order chi connectivity index (χ0) is 26.7. The zero-order valence-electron chi connectivity index (χ0n) is 20.2. The minimum atomic E-state index is -1.66. The first kappa shape index (κ1) is 25.4. The van der Waals surface area contributed by atoms with E-state index in [2.05, 4.69) is 5.32 Å². The van der Waals surface area contributed by atoms with Crippen molar-refractivity contribution in [2.24, 2.45) is 0 Å². The van der Waals surface area contributed by atoms with Crippen molar-refractivity contribution >= 4 is 29.3 Å². The third-order valence-electron chi connectivity index (χ3n) is 6.76. The topological polar surface area (TPSA) is 72.5 Å². The van der Waals surface area contributed by atoms with Gasteiger partial charge in [0.15, 0.2) is 5.78 Å². The van der Waals surface area contributed by atoms with Gasteiger partial charge in [-0.3, -0.25) is 9.59 Å². The van der Waals surface area contributed by atoms with Crippen LogP contribution in [0.2, 0.25) is 5.02 Å². The number of carbonyl (C=O) groups is 3.